The largest absolute Gasteiger partial charge is 0.495 e. The summed E-state index contributed by atoms with van der Waals surface area (Å²) in [5, 5.41) is 13.9. The molecule has 3 N–H and O–H groups in total. The summed E-state index contributed by atoms with van der Waals surface area (Å²) in [4.78, 5) is 22.3. The second-order valence-electron chi connectivity index (χ2n) is 4.28. The molecule has 20 heavy (non-hydrogen) atoms. The zero-order valence-electron chi connectivity index (χ0n) is 11.3. The van der Waals surface area contributed by atoms with Gasteiger partial charge in [0.15, 0.2) is 0 Å². The van der Waals surface area contributed by atoms with Crippen LogP contribution in [0.15, 0.2) is 22.7 Å². The molecule has 0 aromatic heterocycles. The van der Waals surface area contributed by atoms with Gasteiger partial charge in [0, 0.05) is 16.9 Å². The number of methoxy groups -OCH3 is 1. The highest BCUT2D eigenvalue weighted by atomic mass is 79.9. The average Bonchev–Trinajstić information content (AvgIpc) is 2.36. The van der Waals surface area contributed by atoms with Crippen LogP contribution in [0.3, 0.4) is 0 Å². The number of hydrogen-bond donors (Lipinski definition) is 3. The fourth-order valence-corrected chi connectivity index (χ4v) is 1.93. The fourth-order valence-electron chi connectivity index (χ4n) is 1.57. The molecule has 1 atom stereocenters. The van der Waals surface area contributed by atoms with E-state index in [9.17, 15) is 9.59 Å². The molecule has 0 spiro atoms. The van der Waals surface area contributed by atoms with Crippen molar-refractivity contribution in [2.45, 2.75) is 25.8 Å². The van der Waals surface area contributed by atoms with E-state index < -0.39 is 12.0 Å². The van der Waals surface area contributed by atoms with Crippen LogP contribution in [0.1, 0.15) is 19.8 Å². The second kappa shape index (κ2) is 7.74. The van der Waals surface area contributed by atoms with Crippen LogP contribution in [0, 0.1) is 0 Å². The molecular weight excluding hydrogens is 328 g/mol. The maximum absolute atomic E-state index is 11.8. The number of aliphatic carboxylic acids is 1. The maximum atomic E-state index is 11.8. The van der Waals surface area contributed by atoms with Crippen molar-refractivity contribution in [3.8, 4) is 5.75 Å². The highest BCUT2D eigenvalue weighted by Gasteiger charge is 2.11. The van der Waals surface area contributed by atoms with Crippen LogP contribution in [0.4, 0.5) is 10.5 Å². The SMILES string of the molecule is COc1ccc(Br)cc1NC(=O)NC(C)CCC(=O)O. The van der Waals surface area contributed by atoms with E-state index in [1.165, 1.54) is 7.11 Å². The quantitative estimate of drug-likeness (QED) is 0.740. The van der Waals surface area contributed by atoms with Gasteiger partial charge in [-0.05, 0) is 31.5 Å². The summed E-state index contributed by atoms with van der Waals surface area (Å²) in [5.41, 5.74) is 0.532. The number of hydrogen-bond acceptors (Lipinski definition) is 3. The fraction of sp³-hybridized carbons (Fsp3) is 0.385. The predicted octanol–water partition coefficient (Wildman–Crippen LogP) is 2.83. The first-order valence-corrected chi connectivity index (χ1v) is 6.84. The first kappa shape index (κ1) is 16.3. The smallest absolute Gasteiger partial charge is 0.319 e. The van der Waals surface area contributed by atoms with Crippen LogP contribution in [-0.2, 0) is 4.79 Å². The lowest BCUT2D eigenvalue weighted by Gasteiger charge is -2.15. The third kappa shape index (κ3) is 5.48. The van der Waals surface area contributed by atoms with Crippen LogP contribution in [-0.4, -0.2) is 30.3 Å². The molecule has 6 nitrogen and oxygen atoms in total. The molecule has 0 heterocycles. The zero-order chi connectivity index (χ0) is 15.1. The molecule has 2 amide bonds. The van der Waals surface area contributed by atoms with Gasteiger partial charge in [-0.15, -0.1) is 0 Å². The van der Waals surface area contributed by atoms with Crippen molar-refractivity contribution in [1.82, 2.24) is 5.32 Å². The molecule has 0 aliphatic carbocycles. The number of carboxylic acid groups (broad SMARTS) is 1. The Kier molecular flexibility index (Phi) is 6.30. The minimum Gasteiger partial charge on any atom is -0.495 e. The van der Waals surface area contributed by atoms with Crippen molar-refractivity contribution in [2.75, 3.05) is 12.4 Å². The number of anilines is 1. The number of ether oxygens (including phenoxy) is 1. The molecule has 0 bridgehead atoms. The Balaban J connectivity index is 2.57. The van der Waals surface area contributed by atoms with Gasteiger partial charge in [-0.3, -0.25) is 4.79 Å². The van der Waals surface area contributed by atoms with Crippen molar-refractivity contribution in [3.63, 3.8) is 0 Å². The van der Waals surface area contributed by atoms with Crippen LogP contribution in [0.25, 0.3) is 0 Å². The molecule has 7 heteroatoms. The second-order valence-corrected chi connectivity index (χ2v) is 5.19. The number of halogens is 1. The Morgan fingerprint density at radius 3 is 2.75 bits per heavy atom. The van der Waals surface area contributed by atoms with Crippen LogP contribution < -0.4 is 15.4 Å². The molecule has 0 radical (unpaired) electrons. The standard InChI is InChI=1S/C13H17BrN2O4/c1-8(3-6-12(17)18)15-13(19)16-10-7-9(14)4-5-11(10)20-2/h4-5,7-8H,3,6H2,1-2H3,(H,17,18)(H2,15,16,19). The Labute approximate surface area is 125 Å². The lowest BCUT2D eigenvalue weighted by Crippen LogP contribution is -2.36. The minimum absolute atomic E-state index is 0.0155. The molecule has 1 aromatic carbocycles. The van der Waals surface area contributed by atoms with Gasteiger partial charge in [0.2, 0.25) is 0 Å². The molecule has 0 aliphatic heterocycles. The van der Waals surface area contributed by atoms with Gasteiger partial charge in [-0.1, -0.05) is 15.9 Å². The third-order valence-corrected chi connectivity index (χ3v) is 3.07. The molecular formula is C13H17BrN2O4. The van der Waals surface area contributed by atoms with Gasteiger partial charge < -0.3 is 20.5 Å². The van der Waals surface area contributed by atoms with E-state index >= 15 is 0 Å². The van der Waals surface area contributed by atoms with Crippen molar-refractivity contribution >= 4 is 33.6 Å². The van der Waals surface area contributed by atoms with Crippen molar-refractivity contribution < 1.29 is 19.4 Å². The minimum atomic E-state index is -0.882. The number of carboxylic acids is 1. The van der Waals surface area contributed by atoms with Crippen molar-refractivity contribution in [3.05, 3.63) is 22.7 Å². The Hall–Kier alpha value is -1.76. The topological polar surface area (TPSA) is 87.7 Å². The summed E-state index contributed by atoms with van der Waals surface area (Å²) in [6.45, 7) is 1.75. The number of amides is 2. The first-order valence-electron chi connectivity index (χ1n) is 6.05. The zero-order valence-corrected chi connectivity index (χ0v) is 12.9. The molecule has 0 saturated carbocycles. The number of benzene rings is 1. The summed E-state index contributed by atoms with van der Waals surface area (Å²) in [6.07, 6.45) is 0.389. The number of rotatable bonds is 6. The van der Waals surface area contributed by atoms with E-state index in [0.717, 1.165) is 4.47 Å². The van der Waals surface area contributed by atoms with E-state index in [2.05, 4.69) is 26.6 Å². The summed E-state index contributed by atoms with van der Waals surface area (Å²) < 4.78 is 5.96. The molecule has 1 aromatic rings. The molecule has 0 saturated heterocycles. The lowest BCUT2D eigenvalue weighted by molar-refractivity contribution is -0.137. The number of carbonyl (C=O) groups excluding carboxylic acids is 1. The first-order chi connectivity index (χ1) is 9.42. The van der Waals surface area contributed by atoms with Crippen molar-refractivity contribution in [1.29, 1.82) is 0 Å². The predicted molar refractivity (Wildman–Crippen MR) is 79.2 cm³/mol. The highest BCUT2D eigenvalue weighted by molar-refractivity contribution is 9.10. The Morgan fingerprint density at radius 1 is 1.45 bits per heavy atom. The highest BCUT2D eigenvalue weighted by Crippen LogP contribution is 2.27. The lowest BCUT2D eigenvalue weighted by atomic mass is 10.2. The van der Waals surface area contributed by atoms with Gasteiger partial charge in [0.1, 0.15) is 5.75 Å². The van der Waals surface area contributed by atoms with Gasteiger partial charge in [0.05, 0.1) is 12.8 Å². The molecule has 1 rings (SSSR count). The van der Waals surface area contributed by atoms with Gasteiger partial charge >= 0.3 is 12.0 Å². The van der Waals surface area contributed by atoms with Gasteiger partial charge in [-0.25, -0.2) is 4.79 Å². The van der Waals surface area contributed by atoms with Crippen LogP contribution in [0.2, 0.25) is 0 Å². The van der Waals surface area contributed by atoms with E-state index in [0.29, 0.717) is 17.9 Å². The molecule has 0 aliphatic rings. The monoisotopic (exact) mass is 344 g/mol. The average molecular weight is 345 g/mol. The normalized spacial score (nSPS) is 11.6. The van der Waals surface area contributed by atoms with E-state index in [-0.39, 0.29) is 12.5 Å². The van der Waals surface area contributed by atoms with E-state index in [4.69, 9.17) is 9.84 Å². The molecule has 110 valence electrons. The van der Waals surface area contributed by atoms with E-state index in [1.54, 1.807) is 25.1 Å². The number of nitrogens with one attached hydrogen (secondary N) is 2. The van der Waals surface area contributed by atoms with Crippen LogP contribution >= 0.6 is 15.9 Å². The summed E-state index contributed by atoms with van der Waals surface area (Å²) >= 11 is 3.31. The van der Waals surface area contributed by atoms with Gasteiger partial charge in [0.25, 0.3) is 0 Å². The van der Waals surface area contributed by atoms with Crippen LogP contribution in [0.5, 0.6) is 5.75 Å². The summed E-state index contributed by atoms with van der Waals surface area (Å²) in [6, 6.07) is 4.62. The number of urea groups is 1. The number of carbonyl (C=O) groups is 2. The summed E-state index contributed by atoms with van der Waals surface area (Å²) in [7, 11) is 1.52. The van der Waals surface area contributed by atoms with Gasteiger partial charge in [-0.2, -0.15) is 0 Å². The Morgan fingerprint density at radius 2 is 2.15 bits per heavy atom. The maximum Gasteiger partial charge on any atom is 0.319 e. The summed E-state index contributed by atoms with van der Waals surface area (Å²) in [5.74, 6) is -0.339. The third-order valence-electron chi connectivity index (χ3n) is 2.58. The Bertz CT molecular complexity index is 493. The molecule has 0 fully saturated rings. The molecule has 1 unspecified atom stereocenters. The van der Waals surface area contributed by atoms with E-state index in [1.807, 2.05) is 0 Å². The van der Waals surface area contributed by atoms with Crippen molar-refractivity contribution in [2.24, 2.45) is 0 Å².